The normalized spacial score (nSPS) is 20.4. The number of aryl methyl sites for hydroxylation is 2. The maximum atomic E-state index is 13.3. The second kappa shape index (κ2) is 10.2. The number of nitrogens with zero attached hydrogens (tertiary/aromatic N) is 6. The molecule has 3 heterocycles. The summed E-state index contributed by atoms with van der Waals surface area (Å²) >= 11 is 0. The highest BCUT2D eigenvalue weighted by atomic mass is 32.2. The Balaban J connectivity index is 1.18. The third-order valence-electron chi connectivity index (χ3n) is 7.27. The highest BCUT2D eigenvalue weighted by Crippen LogP contribution is 2.27. The molecule has 0 bridgehead atoms. The quantitative estimate of drug-likeness (QED) is 0.646. The van der Waals surface area contributed by atoms with Crippen molar-refractivity contribution in [2.45, 2.75) is 30.6 Å². The van der Waals surface area contributed by atoms with E-state index in [1.807, 2.05) is 24.3 Å². The predicted octanol–water partition coefficient (Wildman–Crippen LogP) is 0.981. The zero-order valence-corrected chi connectivity index (χ0v) is 20.5. The molecule has 0 atom stereocenters. The molecule has 0 spiro atoms. The molecule has 2 aromatic rings. The first kappa shape index (κ1) is 23.5. The number of aliphatic hydroxyl groups is 1. The van der Waals surface area contributed by atoms with E-state index < -0.39 is 10.0 Å². The maximum absolute atomic E-state index is 13.3. The van der Waals surface area contributed by atoms with Crippen molar-refractivity contribution in [3.63, 3.8) is 0 Å². The van der Waals surface area contributed by atoms with Crippen LogP contribution in [0.2, 0.25) is 0 Å². The zero-order chi connectivity index (χ0) is 23.5. The average Bonchev–Trinajstić information content (AvgIpc) is 2.89. The molecule has 1 N–H and O–H groups in total. The topological polar surface area (TPSA) is 93.1 Å². The molecule has 1 aromatic heterocycles. The van der Waals surface area contributed by atoms with E-state index in [1.165, 1.54) is 17.5 Å². The SMILES string of the molecule is O=S(=O)(c1ccc2c(c1)CCCC2)N1CCN(c2ccc(N3CCN(CCO)CC3)nn2)CC1. The van der Waals surface area contributed by atoms with Crippen LogP contribution in [0.1, 0.15) is 24.0 Å². The Kier molecular flexibility index (Phi) is 7.01. The highest BCUT2D eigenvalue weighted by molar-refractivity contribution is 7.89. The van der Waals surface area contributed by atoms with E-state index in [-0.39, 0.29) is 6.61 Å². The van der Waals surface area contributed by atoms with Crippen LogP contribution < -0.4 is 9.80 Å². The first-order valence-corrected chi connectivity index (χ1v) is 13.8. The molecule has 2 saturated heterocycles. The van der Waals surface area contributed by atoms with Gasteiger partial charge in [0.25, 0.3) is 0 Å². The van der Waals surface area contributed by atoms with E-state index in [0.717, 1.165) is 57.1 Å². The molecule has 1 aromatic carbocycles. The van der Waals surface area contributed by atoms with Crippen LogP contribution in [0.25, 0.3) is 0 Å². The Labute approximate surface area is 202 Å². The first-order chi connectivity index (χ1) is 16.5. The minimum absolute atomic E-state index is 0.191. The Hall–Kier alpha value is -2.27. The minimum atomic E-state index is -3.49. The molecule has 1 aliphatic carbocycles. The fourth-order valence-electron chi connectivity index (χ4n) is 5.17. The molecule has 3 aliphatic rings. The summed E-state index contributed by atoms with van der Waals surface area (Å²) in [5.74, 6) is 1.65. The van der Waals surface area contributed by atoms with Crippen LogP contribution in [0.15, 0.2) is 35.2 Å². The van der Waals surface area contributed by atoms with Gasteiger partial charge in [0.2, 0.25) is 10.0 Å². The lowest BCUT2D eigenvalue weighted by Gasteiger charge is -2.36. The number of piperazine rings is 2. The number of aliphatic hydroxyl groups excluding tert-OH is 1. The van der Waals surface area contributed by atoms with E-state index in [9.17, 15) is 8.42 Å². The van der Waals surface area contributed by atoms with Crippen molar-refractivity contribution in [1.29, 1.82) is 0 Å². The molecular formula is C24H34N6O3S. The molecule has 9 nitrogen and oxygen atoms in total. The number of hydrogen-bond acceptors (Lipinski definition) is 8. The number of benzene rings is 1. The summed E-state index contributed by atoms with van der Waals surface area (Å²) in [4.78, 5) is 6.99. The van der Waals surface area contributed by atoms with Crippen molar-refractivity contribution in [2.24, 2.45) is 0 Å². The van der Waals surface area contributed by atoms with Gasteiger partial charge >= 0.3 is 0 Å². The summed E-state index contributed by atoms with van der Waals surface area (Å²) in [5.41, 5.74) is 2.49. The number of fused-ring (bicyclic) bond motifs is 1. The number of aromatic nitrogens is 2. The van der Waals surface area contributed by atoms with E-state index in [4.69, 9.17) is 5.11 Å². The molecule has 10 heteroatoms. The van der Waals surface area contributed by atoms with Crippen LogP contribution in [0, 0.1) is 0 Å². The fraction of sp³-hybridized carbons (Fsp3) is 0.583. The van der Waals surface area contributed by atoms with Gasteiger partial charge in [-0.2, -0.15) is 4.31 Å². The second-order valence-corrected chi connectivity index (χ2v) is 11.3. The van der Waals surface area contributed by atoms with Gasteiger partial charge in [0, 0.05) is 58.9 Å². The molecule has 0 unspecified atom stereocenters. The summed E-state index contributed by atoms with van der Waals surface area (Å²) < 4.78 is 28.1. The van der Waals surface area contributed by atoms with E-state index in [2.05, 4.69) is 24.9 Å². The fourth-order valence-corrected chi connectivity index (χ4v) is 6.65. The van der Waals surface area contributed by atoms with Gasteiger partial charge in [0.1, 0.15) is 0 Å². The van der Waals surface area contributed by atoms with Gasteiger partial charge in [-0.15, -0.1) is 10.2 Å². The molecule has 0 amide bonds. The Morgan fingerprint density at radius 3 is 1.94 bits per heavy atom. The van der Waals surface area contributed by atoms with Crippen molar-refractivity contribution >= 4 is 21.7 Å². The summed E-state index contributed by atoms with van der Waals surface area (Å²) in [6.45, 7) is 6.53. The van der Waals surface area contributed by atoms with Crippen LogP contribution in [0.3, 0.4) is 0 Å². The summed E-state index contributed by atoms with van der Waals surface area (Å²) in [5, 5.41) is 18.0. The monoisotopic (exact) mass is 486 g/mol. The standard InChI is InChI=1S/C24H34N6O3S/c31-18-17-27-9-11-28(12-10-27)23-7-8-24(26-25-23)29-13-15-30(16-14-29)34(32,33)22-6-5-20-3-1-2-4-21(20)19-22/h5-8,19,31H,1-4,9-18H2. The van der Waals surface area contributed by atoms with Gasteiger partial charge in [-0.1, -0.05) is 6.07 Å². The lowest BCUT2D eigenvalue weighted by molar-refractivity contribution is 0.188. The van der Waals surface area contributed by atoms with E-state index >= 15 is 0 Å². The smallest absolute Gasteiger partial charge is 0.243 e. The van der Waals surface area contributed by atoms with Crippen molar-refractivity contribution in [1.82, 2.24) is 19.4 Å². The van der Waals surface area contributed by atoms with Gasteiger partial charge in [-0.25, -0.2) is 8.42 Å². The second-order valence-electron chi connectivity index (χ2n) is 9.33. The summed E-state index contributed by atoms with van der Waals surface area (Å²) in [6.07, 6.45) is 4.34. The summed E-state index contributed by atoms with van der Waals surface area (Å²) in [7, 11) is -3.49. The van der Waals surface area contributed by atoms with Gasteiger partial charge < -0.3 is 14.9 Å². The Morgan fingerprint density at radius 2 is 1.35 bits per heavy atom. The van der Waals surface area contributed by atoms with E-state index in [0.29, 0.717) is 37.6 Å². The van der Waals surface area contributed by atoms with Crippen LogP contribution >= 0.6 is 0 Å². The molecule has 0 saturated carbocycles. The van der Waals surface area contributed by atoms with Gasteiger partial charge in [-0.05, 0) is 61.1 Å². The van der Waals surface area contributed by atoms with Gasteiger partial charge in [0.15, 0.2) is 11.6 Å². The largest absolute Gasteiger partial charge is 0.395 e. The Bertz CT molecular complexity index is 1080. The molecule has 0 radical (unpaired) electrons. The average molecular weight is 487 g/mol. The number of hydrogen-bond donors (Lipinski definition) is 1. The third-order valence-corrected chi connectivity index (χ3v) is 9.16. The lowest BCUT2D eigenvalue weighted by Crippen LogP contribution is -2.49. The minimum Gasteiger partial charge on any atom is -0.395 e. The van der Waals surface area contributed by atoms with Gasteiger partial charge in [0.05, 0.1) is 11.5 Å². The molecule has 34 heavy (non-hydrogen) atoms. The molecule has 2 fully saturated rings. The highest BCUT2D eigenvalue weighted by Gasteiger charge is 2.30. The van der Waals surface area contributed by atoms with Gasteiger partial charge in [-0.3, -0.25) is 4.90 Å². The maximum Gasteiger partial charge on any atom is 0.243 e. The summed E-state index contributed by atoms with van der Waals surface area (Å²) in [6, 6.07) is 9.65. The molecule has 5 rings (SSSR count). The van der Waals surface area contributed by atoms with Crippen LogP contribution in [0.5, 0.6) is 0 Å². The number of β-amino-alcohol motifs (C(OH)–C–C–N with tert-alkyl or cyclic N) is 1. The molecular weight excluding hydrogens is 452 g/mol. The molecule has 184 valence electrons. The molecule has 2 aliphatic heterocycles. The van der Waals surface area contributed by atoms with Crippen LogP contribution in [-0.2, 0) is 22.9 Å². The number of sulfonamides is 1. The van der Waals surface area contributed by atoms with Crippen molar-refractivity contribution < 1.29 is 13.5 Å². The van der Waals surface area contributed by atoms with Crippen molar-refractivity contribution in [2.75, 3.05) is 75.3 Å². The predicted molar refractivity (Wildman–Crippen MR) is 132 cm³/mol. The Morgan fingerprint density at radius 1 is 0.765 bits per heavy atom. The van der Waals surface area contributed by atoms with E-state index in [1.54, 1.807) is 10.4 Å². The zero-order valence-electron chi connectivity index (χ0n) is 19.6. The first-order valence-electron chi connectivity index (χ1n) is 12.3. The van der Waals surface area contributed by atoms with Crippen molar-refractivity contribution in [3.8, 4) is 0 Å². The third kappa shape index (κ3) is 4.91. The number of rotatable bonds is 6. The van der Waals surface area contributed by atoms with Crippen LogP contribution in [0.4, 0.5) is 11.6 Å². The van der Waals surface area contributed by atoms with Crippen molar-refractivity contribution in [3.05, 3.63) is 41.5 Å². The lowest BCUT2D eigenvalue weighted by atomic mass is 9.92. The van der Waals surface area contributed by atoms with Crippen LogP contribution in [-0.4, -0.2) is 98.4 Å². The number of anilines is 2.